The maximum atomic E-state index is 13.8. The smallest absolute Gasteiger partial charge is 0.318 e. The zero-order valence-corrected chi connectivity index (χ0v) is 12.3. The van der Waals surface area contributed by atoms with Crippen LogP contribution in [0.1, 0.15) is 24.6 Å². The number of nitrogens with one attached hydrogen (secondary N) is 2. The topological polar surface area (TPSA) is 71.9 Å². The van der Waals surface area contributed by atoms with Gasteiger partial charge in [0.05, 0.1) is 12.6 Å². The van der Waals surface area contributed by atoms with Gasteiger partial charge in [0.25, 0.3) is 0 Å². The van der Waals surface area contributed by atoms with Crippen LogP contribution in [0, 0.1) is 17.1 Å². The molecule has 5 nitrogen and oxygen atoms in total. The molecule has 1 aliphatic heterocycles. The highest BCUT2D eigenvalue weighted by molar-refractivity contribution is 5.81. The van der Waals surface area contributed by atoms with E-state index in [1.807, 2.05) is 13.0 Å². The summed E-state index contributed by atoms with van der Waals surface area (Å²) in [5.41, 5.74) is 2.34. The first-order chi connectivity index (χ1) is 10.6. The van der Waals surface area contributed by atoms with Crippen LogP contribution in [-0.4, -0.2) is 28.5 Å². The molecule has 0 aliphatic carbocycles. The van der Waals surface area contributed by atoms with Crippen molar-refractivity contribution < 1.29 is 9.18 Å². The van der Waals surface area contributed by atoms with Crippen LogP contribution in [0.3, 0.4) is 0 Å². The summed E-state index contributed by atoms with van der Waals surface area (Å²) >= 11 is 0. The Hall–Kier alpha value is -2.55. The molecule has 1 atom stereocenters. The summed E-state index contributed by atoms with van der Waals surface area (Å²) in [5.74, 6) is -0.206. The van der Waals surface area contributed by atoms with Gasteiger partial charge in [0.2, 0.25) is 0 Å². The molecule has 0 bridgehead atoms. The van der Waals surface area contributed by atoms with Gasteiger partial charge in [0, 0.05) is 23.1 Å². The van der Waals surface area contributed by atoms with Crippen LogP contribution < -0.4 is 5.32 Å². The number of H-pyrrole nitrogens is 1. The summed E-state index contributed by atoms with van der Waals surface area (Å²) in [7, 11) is 0. The van der Waals surface area contributed by atoms with Crippen molar-refractivity contribution in [2.45, 2.75) is 32.4 Å². The highest BCUT2D eigenvalue weighted by Crippen LogP contribution is 2.21. The number of carbonyl (C=O) groups excluding carboxylic acids is 1. The molecule has 2 amide bonds. The van der Waals surface area contributed by atoms with Gasteiger partial charge >= 0.3 is 6.03 Å². The first-order valence-electron chi connectivity index (χ1n) is 7.36. The van der Waals surface area contributed by atoms with Crippen molar-refractivity contribution >= 4 is 16.9 Å². The number of aromatic amines is 1. The molecule has 114 valence electrons. The Kier molecular flexibility index (Phi) is 3.72. The predicted molar refractivity (Wildman–Crippen MR) is 80.6 cm³/mol. The van der Waals surface area contributed by atoms with Crippen LogP contribution in [0.15, 0.2) is 18.2 Å². The average molecular weight is 300 g/mol. The molecule has 22 heavy (non-hydrogen) atoms. The van der Waals surface area contributed by atoms with Crippen molar-refractivity contribution in [3.8, 4) is 6.07 Å². The number of aryl methyl sites for hydroxylation is 1. The second kappa shape index (κ2) is 5.68. The van der Waals surface area contributed by atoms with Crippen molar-refractivity contribution in [2.75, 3.05) is 6.54 Å². The van der Waals surface area contributed by atoms with E-state index in [0.717, 1.165) is 23.0 Å². The third kappa shape index (κ3) is 2.50. The molecule has 2 N–H and O–H groups in total. The van der Waals surface area contributed by atoms with Crippen LogP contribution in [0.2, 0.25) is 0 Å². The van der Waals surface area contributed by atoms with Crippen LogP contribution in [-0.2, 0) is 13.0 Å². The number of hydrogen-bond acceptors (Lipinski definition) is 2. The van der Waals surface area contributed by atoms with E-state index in [0.29, 0.717) is 25.1 Å². The number of nitrogens with zero attached hydrogens (tertiary/aromatic N) is 2. The van der Waals surface area contributed by atoms with Crippen molar-refractivity contribution in [2.24, 2.45) is 0 Å². The highest BCUT2D eigenvalue weighted by atomic mass is 19.1. The molecular formula is C16H17FN4O. The quantitative estimate of drug-likeness (QED) is 0.914. The summed E-state index contributed by atoms with van der Waals surface area (Å²) < 4.78 is 13.8. The van der Waals surface area contributed by atoms with Crippen LogP contribution in [0.4, 0.5) is 9.18 Å². The van der Waals surface area contributed by atoms with E-state index >= 15 is 0 Å². The number of rotatable bonds is 3. The van der Waals surface area contributed by atoms with E-state index in [4.69, 9.17) is 5.26 Å². The SMILES string of the molecule is CCc1cc2[nH]c(CNC(=O)N3CCC3C#N)cc2cc1F. The van der Waals surface area contributed by atoms with Gasteiger partial charge in [0.15, 0.2) is 0 Å². The van der Waals surface area contributed by atoms with Crippen molar-refractivity contribution in [3.05, 3.63) is 35.3 Å². The lowest BCUT2D eigenvalue weighted by atomic mass is 10.1. The van der Waals surface area contributed by atoms with Crippen LogP contribution in [0.5, 0.6) is 0 Å². The number of amides is 2. The number of likely N-dealkylation sites (tertiary alicyclic amines) is 1. The number of hydrogen-bond donors (Lipinski definition) is 2. The van der Waals surface area contributed by atoms with Gasteiger partial charge < -0.3 is 15.2 Å². The lowest BCUT2D eigenvalue weighted by Crippen LogP contribution is -2.54. The van der Waals surface area contributed by atoms with Gasteiger partial charge in [-0.3, -0.25) is 0 Å². The molecule has 6 heteroatoms. The average Bonchev–Trinajstić information content (AvgIpc) is 2.85. The van der Waals surface area contributed by atoms with Crippen molar-refractivity contribution in [1.29, 1.82) is 5.26 Å². The summed E-state index contributed by atoms with van der Waals surface area (Å²) in [6.07, 6.45) is 1.37. The fourth-order valence-electron chi connectivity index (χ4n) is 2.66. The van der Waals surface area contributed by atoms with Crippen LogP contribution in [0.25, 0.3) is 10.9 Å². The lowest BCUT2D eigenvalue weighted by molar-refractivity contribution is 0.141. The molecule has 0 radical (unpaired) electrons. The Morgan fingerprint density at radius 3 is 3.00 bits per heavy atom. The molecule has 2 aromatic rings. The lowest BCUT2D eigenvalue weighted by Gasteiger charge is -2.36. The third-order valence-corrected chi connectivity index (χ3v) is 4.08. The number of urea groups is 1. The Morgan fingerprint density at radius 1 is 1.55 bits per heavy atom. The summed E-state index contributed by atoms with van der Waals surface area (Å²) in [4.78, 5) is 16.6. The zero-order chi connectivity index (χ0) is 15.7. The van der Waals surface area contributed by atoms with Crippen molar-refractivity contribution in [1.82, 2.24) is 15.2 Å². The number of aromatic nitrogens is 1. The van der Waals surface area contributed by atoms with Gasteiger partial charge in [-0.05, 0) is 36.6 Å². The minimum atomic E-state index is -0.316. The summed E-state index contributed by atoms with van der Waals surface area (Å²) in [5, 5.41) is 12.4. The largest absolute Gasteiger partial charge is 0.357 e. The zero-order valence-electron chi connectivity index (χ0n) is 12.3. The second-order valence-corrected chi connectivity index (χ2v) is 5.46. The minimum Gasteiger partial charge on any atom is -0.357 e. The number of fused-ring (bicyclic) bond motifs is 1. The Labute approximate surface area is 127 Å². The first kappa shape index (κ1) is 14.4. The molecule has 0 saturated carbocycles. The summed E-state index contributed by atoms with van der Waals surface area (Å²) in [6, 6.07) is 6.67. The van der Waals surface area contributed by atoms with Gasteiger partial charge in [-0.15, -0.1) is 0 Å². The van der Waals surface area contributed by atoms with E-state index in [9.17, 15) is 9.18 Å². The van der Waals surface area contributed by atoms with Crippen LogP contribution >= 0.6 is 0 Å². The second-order valence-electron chi connectivity index (χ2n) is 5.46. The molecule has 1 aromatic heterocycles. The maximum absolute atomic E-state index is 13.8. The van der Waals surface area contributed by atoms with E-state index in [2.05, 4.69) is 16.4 Å². The monoisotopic (exact) mass is 300 g/mol. The number of halogens is 1. The fraction of sp³-hybridized carbons (Fsp3) is 0.375. The standard InChI is InChI=1S/C16H17FN4O/c1-2-10-7-15-11(6-14(10)17)5-12(20-15)9-19-16(22)21-4-3-13(21)8-18/h5-7,13,20H,2-4,9H2,1H3,(H,19,22). The van der Waals surface area contributed by atoms with Gasteiger partial charge in [-0.1, -0.05) is 6.92 Å². The highest BCUT2D eigenvalue weighted by Gasteiger charge is 2.31. The molecule has 0 spiro atoms. The van der Waals surface area contributed by atoms with E-state index in [-0.39, 0.29) is 17.9 Å². The minimum absolute atomic E-state index is 0.206. The van der Waals surface area contributed by atoms with E-state index in [1.165, 1.54) is 11.0 Å². The third-order valence-electron chi connectivity index (χ3n) is 4.08. The molecule has 1 aliphatic rings. The normalized spacial score (nSPS) is 17.1. The maximum Gasteiger partial charge on any atom is 0.318 e. The fourth-order valence-corrected chi connectivity index (χ4v) is 2.66. The molecule has 3 rings (SSSR count). The van der Waals surface area contributed by atoms with Gasteiger partial charge in [0.1, 0.15) is 11.9 Å². The molecule has 2 heterocycles. The first-order valence-corrected chi connectivity index (χ1v) is 7.36. The Balaban J connectivity index is 1.69. The van der Waals surface area contributed by atoms with Crippen molar-refractivity contribution in [3.63, 3.8) is 0 Å². The summed E-state index contributed by atoms with van der Waals surface area (Å²) in [6.45, 7) is 2.85. The van der Waals surface area contributed by atoms with Gasteiger partial charge in [-0.25, -0.2) is 9.18 Å². The van der Waals surface area contributed by atoms with Gasteiger partial charge in [-0.2, -0.15) is 5.26 Å². The van der Waals surface area contributed by atoms with E-state index in [1.54, 1.807) is 6.07 Å². The number of benzene rings is 1. The molecule has 1 saturated heterocycles. The van der Waals surface area contributed by atoms with E-state index < -0.39 is 0 Å². The molecule has 1 aromatic carbocycles. The predicted octanol–water partition coefficient (Wildman–Crippen LogP) is 2.68. The Bertz CT molecular complexity index is 761. The number of nitriles is 1. The molecular weight excluding hydrogens is 283 g/mol. The Morgan fingerprint density at radius 2 is 2.36 bits per heavy atom. The molecule has 1 unspecified atom stereocenters. The number of carbonyl (C=O) groups is 1. The molecule has 1 fully saturated rings.